The first-order valence-electron chi connectivity index (χ1n) is 10.8. The molecule has 4 aromatic rings. The van der Waals surface area contributed by atoms with Crippen LogP contribution >= 0.6 is 0 Å². The Morgan fingerprint density at radius 2 is 0.968 bits per heavy atom. The van der Waals surface area contributed by atoms with Gasteiger partial charge in [0.05, 0.1) is 11.4 Å². The normalized spacial score (nSPS) is 10.8. The lowest BCUT2D eigenvalue weighted by Gasteiger charge is -2.08. The van der Waals surface area contributed by atoms with Crippen molar-refractivity contribution in [3.63, 3.8) is 0 Å². The SMILES string of the molecule is c1ccc(-c2ccc(CNCCCNCc3ccc(-c4ccccn4)cc3)cc2)nc1. The maximum atomic E-state index is 4.40. The summed E-state index contributed by atoms with van der Waals surface area (Å²) in [6.45, 7) is 3.76. The maximum absolute atomic E-state index is 4.40. The summed E-state index contributed by atoms with van der Waals surface area (Å²) >= 11 is 0. The van der Waals surface area contributed by atoms with Gasteiger partial charge in [-0.25, -0.2) is 0 Å². The molecule has 0 fully saturated rings. The average molecular weight is 409 g/mol. The van der Waals surface area contributed by atoms with Gasteiger partial charge in [-0.15, -0.1) is 0 Å². The molecule has 0 radical (unpaired) electrons. The molecule has 2 heterocycles. The molecule has 0 bridgehead atoms. The third kappa shape index (κ3) is 6.32. The highest BCUT2D eigenvalue weighted by atomic mass is 14.9. The molecule has 0 saturated heterocycles. The van der Waals surface area contributed by atoms with Crippen molar-refractivity contribution in [1.29, 1.82) is 0 Å². The lowest BCUT2D eigenvalue weighted by Crippen LogP contribution is -2.21. The largest absolute Gasteiger partial charge is 0.313 e. The molecule has 0 aliphatic rings. The first-order valence-corrected chi connectivity index (χ1v) is 10.8. The van der Waals surface area contributed by atoms with Gasteiger partial charge in [0.1, 0.15) is 0 Å². The summed E-state index contributed by atoms with van der Waals surface area (Å²) in [7, 11) is 0. The van der Waals surface area contributed by atoms with E-state index in [1.807, 2.05) is 48.8 Å². The van der Waals surface area contributed by atoms with E-state index in [-0.39, 0.29) is 0 Å². The van der Waals surface area contributed by atoms with E-state index in [1.165, 1.54) is 11.1 Å². The van der Waals surface area contributed by atoms with E-state index in [0.29, 0.717) is 0 Å². The fourth-order valence-electron chi connectivity index (χ4n) is 3.46. The Kier molecular flexibility index (Phi) is 7.53. The molecule has 31 heavy (non-hydrogen) atoms. The van der Waals surface area contributed by atoms with Gasteiger partial charge in [0.25, 0.3) is 0 Å². The third-order valence-corrected chi connectivity index (χ3v) is 5.19. The molecule has 0 aliphatic heterocycles. The summed E-state index contributed by atoms with van der Waals surface area (Å²) in [5.41, 5.74) is 6.92. The van der Waals surface area contributed by atoms with E-state index < -0.39 is 0 Å². The topological polar surface area (TPSA) is 49.8 Å². The number of pyridine rings is 2. The minimum atomic E-state index is 0.886. The van der Waals surface area contributed by atoms with Crippen LogP contribution in [0.3, 0.4) is 0 Å². The van der Waals surface area contributed by atoms with Gasteiger partial charge in [-0.1, -0.05) is 60.7 Å². The van der Waals surface area contributed by atoms with Crippen LogP contribution in [0, 0.1) is 0 Å². The minimum Gasteiger partial charge on any atom is -0.313 e. The van der Waals surface area contributed by atoms with Crippen LogP contribution in [0.1, 0.15) is 17.5 Å². The Morgan fingerprint density at radius 3 is 1.35 bits per heavy atom. The lowest BCUT2D eigenvalue weighted by atomic mass is 10.1. The van der Waals surface area contributed by atoms with Gasteiger partial charge < -0.3 is 10.6 Å². The van der Waals surface area contributed by atoms with Crippen LogP contribution in [-0.4, -0.2) is 23.1 Å². The summed E-state index contributed by atoms with van der Waals surface area (Å²) in [5, 5.41) is 7.05. The van der Waals surface area contributed by atoms with Crippen LogP contribution in [0.2, 0.25) is 0 Å². The van der Waals surface area contributed by atoms with Crippen molar-refractivity contribution < 1.29 is 0 Å². The van der Waals surface area contributed by atoms with Crippen LogP contribution in [0.25, 0.3) is 22.5 Å². The lowest BCUT2D eigenvalue weighted by molar-refractivity contribution is 0.595. The Hall–Kier alpha value is -3.34. The zero-order valence-electron chi connectivity index (χ0n) is 17.7. The third-order valence-electron chi connectivity index (χ3n) is 5.19. The van der Waals surface area contributed by atoms with E-state index in [0.717, 1.165) is 55.1 Å². The second-order valence-electron chi connectivity index (χ2n) is 7.53. The number of hydrogen-bond donors (Lipinski definition) is 2. The molecule has 2 N–H and O–H groups in total. The Morgan fingerprint density at radius 1 is 0.516 bits per heavy atom. The van der Waals surface area contributed by atoms with Gasteiger partial charge in [0, 0.05) is 36.6 Å². The predicted molar refractivity (Wildman–Crippen MR) is 127 cm³/mol. The zero-order chi connectivity index (χ0) is 21.1. The number of nitrogens with zero attached hydrogens (tertiary/aromatic N) is 2. The van der Waals surface area contributed by atoms with Crippen molar-refractivity contribution in [2.45, 2.75) is 19.5 Å². The van der Waals surface area contributed by atoms with E-state index in [2.05, 4.69) is 69.1 Å². The van der Waals surface area contributed by atoms with E-state index >= 15 is 0 Å². The Bertz CT molecular complexity index is 943. The highest BCUT2D eigenvalue weighted by Crippen LogP contribution is 2.17. The first-order chi connectivity index (χ1) is 15.4. The second-order valence-corrected chi connectivity index (χ2v) is 7.53. The molecule has 4 rings (SSSR count). The number of hydrogen-bond acceptors (Lipinski definition) is 4. The summed E-state index contributed by atoms with van der Waals surface area (Å²) < 4.78 is 0. The van der Waals surface area contributed by atoms with Crippen molar-refractivity contribution in [1.82, 2.24) is 20.6 Å². The van der Waals surface area contributed by atoms with Crippen molar-refractivity contribution >= 4 is 0 Å². The molecule has 2 aromatic heterocycles. The molecule has 0 unspecified atom stereocenters. The minimum absolute atomic E-state index is 0.886. The monoisotopic (exact) mass is 408 g/mol. The standard InChI is InChI=1S/C27H28N4/c1-3-18-30-26(6-1)24-12-8-22(9-13-24)20-28-16-5-17-29-21-23-10-14-25(15-11-23)27-7-2-4-19-31-27/h1-4,6-15,18-19,28-29H,5,16-17,20-21H2. The summed E-state index contributed by atoms with van der Waals surface area (Å²) in [6, 6.07) is 29.2. The molecular formula is C27H28N4. The van der Waals surface area contributed by atoms with Crippen molar-refractivity contribution in [3.8, 4) is 22.5 Å². The molecule has 0 amide bonds. The molecule has 0 spiro atoms. The second kappa shape index (κ2) is 11.2. The Labute approximate surface area is 184 Å². The van der Waals surface area contributed by atoms with Gasteiger partial charge in [-0.3, -0.25) is 9.97 Å². The quantitative estimate of drug-likeness (QED) is 0.359. The van der Waals surface area contributed by atoms with Crippen LogP contribution in [-0.2, 0) is 13.1 Å². The smallest absolute Gasteiger partial charge is 0.0701 e. The fraction of sp³-hybridized carbons (Fsp3) is 0.185. The summed E-state index contributed by atoms with van der Waals surface area (Å²) in [4.78, 5) is 8.79. The van der Waals surface area contributed by atoms with E-state index in [1.54, 1.807) is 0 Å². The predicted octanol–water partition coefficient (Wildman–Crippen LogP) is 5.08. The van der Waals surface area contributed by atoms with Crippen LogP contribution in [0.4, 0.5) is 0 Å². The Balaban J connectivity index is 1.11. The van der Waals surface area contributed by atoms with Crippen LogP contribution in [0.5, 0.6) is 0 Å². The fourth-order valence-corrected chi connectivity index (χ4v) is 3.46. The molecule has 4 heteroatoms. The number of rotatable bonds is 10. The van der Waals surface area contributed by atoms with Gasteiger partial charge in [0.15, 0.2) is 0 Å². The van der Waals surface area contributed by atoms with E-state index in [4.69, 9.17) is 0 Å². The molecule has 4 nitrogen and oxygen atoms in total. The summed E-state index contributed by atoms with van der Waals surface area (Å²) in [5.74, 6) is 0. The van der Waals surface area contributed by atoms with Crippen molar-refractivity contribution in [3.05, 3.63) is 108 Å². The van der Waals surface area contributed by atoms with Crippen LogP contribution in [0.15, 0.2) is 97.3 Å². The highest BCUT2D eigenvalue weighted by Gasteiger charge is 2.00. The molecule has 0 aliphatic carbocycles. The van der Waals surface area contributed by atoms with Crippen LogP contribution < -0.4 is 10.6 Å². The molecule has 0 saturated carbocycles. The molecule has 2 aromatic carbocycles. The van der Waals surface area contributed by atoms with Gasteiger partial charge in [-0.05, 0) is 54.9 Å². The van der Waals surface area contributed by atoms with Gasteiger partial charge >= 0.3 is 0 Å². The number of aromatic nitrogens is 2. The number of benzene rings is 2. The average Bonchev–Trinajstić information content (AvgIpc) is 2.85. The molecular weight excluding hydrogens is 380 g/mol. The van der Waals surface area contributed by atoms with Gasteiger partial charge in [-0.2, -0.15) is 0 Å². The molecule has 156 valence electrons. The summed E-state index contributed by atoms with van der Waals surface area (Å²) in [6.07, 6.45) is 4.75. The first kappa shape index (κ1) is 20.9. The number of nitrogens with one attached hydrogen (secondary N) is 2. The maximum Gasteiger partial charge on any atom is 0.0701 e. The highest BCUT2D eigenvalue weighted by molar-refractivity contribution is 5.59. The van der Waals surface area contributed by atoms with Crippen molar-refractivity contribution in [2.24, 2.45) is 0 Å². The zero-order valence-corrected chi connectivity index (χ0v) is 17.7. The van der Waals surface area contributed by atoms with Crippen molar-refractivity contribution in [2.75, 3.05) is 13.1 Å². The van der Waals surface area contributed by atoms with E-state index in [9.17, 15) is 0 Å². The molecule has 0 atom stereocenters. The van der Waals surface area contributed by atoms with Gasteiger partial charge in [0.2, 0.25) is 0 Å².